The van der Waals surface area contributed by atoms with Crippen molar-refractivity contribution >= 4 is 23.6 Å². The predicted molar refractivity (Wildman–Crippen MR) is 91.9 cm³/mol. The van der Waals surface area contributed by atoms with Gasteiger partial charge in [-0.3, -0.25) is 9.89 Å². The normalized spacial score (nSPS) is 14.9. The Labute approximate surface area is 145 Å². The number of amides is 1. The van der Waals surface area contributed by atoms with Crippen molar-refractivity contribution in [3.8, 4) is 0 Å². The number of hydrogen-bond acceptors (Lipinski definition) is 7. The van der Waals surface area contributed by atoms with Crippen LogP contribution in [0.2, 0.25) is 0 Å². The van der Waals surface area contributed by atoms with Crippen molar-refractivity contribution in [1.82, 2.24) is 30.0 Å². The lowest BCUT2D eigenvalue weighted by molar-refractivity contribution is -0.128. The van der Waals surface area contributed by atoms with Crippen LogP contribution in [0.1, 0.15) is 19.2 Å². The van der Waals surface area contributed by atoms with Crippen molar-refractivity contribution in [1.29, 1.82) is 0 Å². The van der Waals surface area contributed by atoms with Crippen molar-refractivity contribution in [3.05, 3.63) is 24.3 Å². The van der Waals surface area contributed by atoms with Gasteiger partial charge in [0.2, 0.25) is 17.0 Å². The van der Waals surface area contributed by atoms with E-state index < -0.39 is 0 Å². The van der Waals surface area contributed by atoms with Crippen LogP contribution in [0.5, 0.6) is 0 Å². The Morgan fingerprint density at radius 1 is 1.25 bits per heavy atom. The average Bonchev–Trinajstić information content (AvgIpc) is 3.08. The Hall–Kier alpha value is -2.16. The van der Waals surface area contributed by atoms with Crippen molar-refractivity contribution in [2.45, 2.75) is 24.9 Å². The van der Waals surface area contributed by atoms with Gasteiger partial charge in [-0.05, 0) is 12.5 Å². The number of aromatic amines is 1. The predicted octanol–water partition coefficient (Wildman–Crippen LogP) is 0.988. The van der Waals surface area contributed by atoms with Gasteiger partial charge in [-0.1, -0.05) is 18.7 Å². The summed E-state index contributed by atoms with van der Waals surface area (Å²) in [5, 5.41) is 7.68. The molecule has 1 fully saturated rings. The van der Waals surface area contributed by atoms with Crippen LogP contribution in [0.25, 0.3) is 0 Å². The number of hydrogen-bond donors (Lipinski definition) is 1. The number of aromatic nitrogens is 5. The number of nitrogens with zero attached hydrogens (tertiary/aromatic N) is 6. The SMILES string of the molecule is CCCc1nc(SCC(=O)N2CCN(c3ncccn3)CC2)n[nH]1. The zero-order valence-corrected chi connectivity index (χ0v) is 14.5. The number of nitrogens with one attached hydrogen (secondary N) is 1. The second kappa shape index (κ2) is 8.09. The van der Waals surface area contributed by atoms with Crippen LogP contribution in [0.15, 0.2) is 23.6 Å². The van der Waals surface area contributed by atoms with Gasteiger partial charge in [0.1, 0.15) is 5.82 Å². The summed E-state index contributed by atoms with van der Waals surface area (Å²) in [5.41, 5.74) is 0. The van der Waals surface area contributed by atoms with E-state index in [2.05, 4.69) is 37.0 Å². The van der Waals surface area contributed by atoms with Crippen molar-refractivity contribution in [3.63, 3.8) is 0 Å². The molecule has 0 aromatic carbocycles. The van der Waals surface area contributed by atoms with Crippen LogP contribution in [0.4, 0.5) is 5.95 Å². The van der Waals surface area contributed by atoms with Gasteiger partial charge < -0.3 is 9.80 Å². The molecule has 2 aromatic rings. The first-order valence-electron chi connectivity index (χ1n) is 8.10. The topological polar surface area (TPSA) is 90.9 Å². The molecule has 24 heavy (non-hydrogen) atoms. The summed E-state index contributed by atoms with van der Waals surface area (Å²) >= 11 is 1.38. The van der Waals surface area contributed by atoms with E-state index in [4.69, 9.17) is 0 Å². The van der Waals surface area contributed by atoms with Gasteiger partial charge in [-0.15, -0.1) is 5.10 Å². The maximum atomic E-state index is 12.3. The fourth-order valence-corrected chi connectivity index (χ4v) is 3.24. The van der Waals surface area contributed by atoms with Gasteiger partial charge >= 0.3 is 0 Å². The molecule has 1 aliphatic rings. The molecule has 128 valence electrons. The number of H-pyrrole nitrogens is 1. The summed E-state index contributed by atoms with van der Waals surface area (Å²) in [6.07, 6.45) is 5.37. The first-order valence-corrected chi connectivity index (χ1v) is 9.08. The number of rotatable bonds is 6. The van der Waals surface area contributed by atoms with E-state index in [9.17, 15) is 4.79 Å². The standard InChI is InChI=1S/C15H21N7OS/c1-2-4-12-18-15(20-19-12)24-11-13(23)21-7-9-22(10-8-21)14-16-5-3-6-17-14/h3,5-6H,2,4,7-11H2,1H3,(H,18,19,20). The first-order chi connectivity index (χ1) is 11.8. The summed E-state index contributed by atoms with van der Waals surface area (Å²) in [6, 6.07) is 1.80. The number of anilines is 1. The molecule has 3 heterocycles. The lowest BCUT2D eigenvalue weighted by Crippen LogP contribution is -2.49. The molecule has 0 atom stereocenters. The summed E-state index contributed by atoms with van der Waals surface area (Å²) in [4.78, 5) is 29.2. The molecule has 0 spiro atoms. The van der Waals surface area contributed by atoms with Gasteiger partial charge in [0.05, 0.1) is 5.75 Å². The number of carbonyl (C=O) groups is 1. The molecular weight excluding hydrogens is 326 g/mol. The van der Waals surface area contributed by atoms with E-state index in [-0.39, 0.29) is 5.91 Å². The van der Waals surface area contributed by atoms with E-state index >= 15 is 0 Å². The molecule has 1 N–H and O–H groups in total. The molecule has 1 aliphatic heterocycles. The lowest BCUT2D eigenvalue weighted by Gasteiger charge is -2.34. The molecule has 2 aromatic heterocycles. The second-order valence-corrected chi connectivity index (χ2v) is 6.46. The molecular formula is C15H21N7OS. The summed E-state index contributed by atoms with van der Waals surface area (Å²) in [6.45, 7) is 4.97. The fraction of sp³-hybridized carbons (Fsp3) is 0.533. The highest BCUT2D eigenvalue weighted by atomic mass is 32.2. The Bertz CT molecular complexity index is 655. The summed E-state index contributed by atoms with van der Waals surface area (Å²) in [7, 11) is 0. The van der Waals surface area contributed by atoms with Crippen LogP contribution in [0, 0.1) is 0 Å². The van der Waals surface area contributed by atoms with Crippen LogP contribution < -0.4 is 4.90 Å². The van der Waals surface area contributed by atoms with E-state index in [1.54, 1.807) is 18.5 Å². The van der Waals surface area contributed by atoms with Gasteiger partial charge in [-0.2, -0.15) is 0 Å². The van der Waals surface area contributed by atoms with Crippen LogP contribution in [0.3, 0.4) is 0 Å². The minimum absolute atomic E-state index is 0.121. The Balaban J connectivity index is 1.45. The van der Waals surface area contributed by atoms with Crippen molar-refractivity contribution in [2.75, 3.05) is 36.8 Å². The summed E-state index contributed by atoms with van der Waals surface area (Å²) in [5.74, 6) is 2.09. The number of piperazine rings is 1. The summed E-state index contributed by atoms with van der Waals surface area (Å²) < 4.78 is 0. The quantitative estimate of drug-likeness (QED) is 0.779. The van der Waals surface area contributed by atoms with Crippen molar-refractivity contribution in [2.24, 2.45) is 0 Å². The molecule has 3 rings (SSSR count). The van der Waals surface area contributed by atoms with E-state index in [1.807, 2.05) is 4.90 Å². The Kier molecular flexibility index (Phi) is 5.63. The largest absolute Gasteiger partial charge is 0.338 e. The molecule has 9 heteroatoms. The van der Waals surface area contributed by atoms with Gasteiger partial charge in [0, 0.05) is 45.0 Å². The lowest BCUT2D eigenvalue weighted by atomic mass is 10.3. The van der Waals surface area contributed by atoms with E-state index in [0.29, 0.717) is 24.0 Å². The molecule has 8 nitrogen and oxygen atoms in total. The number of thioether (sulfide) groups is 1. The zero-order chi connectivity index (χ0) is 16.8. The molecule has 1 amide bonds. The first kappa shape index (κ1) is 16.7. The molecule has 0 aliphatic carbocycles. The third-order valence-corrected chi connectivity index (χ3v) is 4.62. The zero-order valence-electron chi connectivity index (χ0n) is 13.7. The van der Waals surface area contributed by atoms with Gasteiger partial charge in [0.15, 0.2) is 0 Å². The molecule has 0 bridgehead atoms. The third kappa shape index (κ3) is 4.22. The molecule has 0 unspecified atom stereocenters. The highest BCUT2D eigenvalue weighted by molar-refractivity contribution is 7.99. The van der Waals surface area contributed by atoms with E-state index in [0.717, 1.165) is 37.7 Å². The number of carbonyl (C=O) groups excluding carboxylic acids is 1. The second-order valence-electron chi connectivity index (χ2n) is 5.52. The Morgan fingerprint density at radius 2 is 2.00 bits per heavy atom. The van der Waals surface area contributed by atoms with Crippen molar-refractivity contribution < 1.29 is 4.79 Å². The third-order valence-electron chi connectivity index (χ3n) is 3.79. The number of aryl methyl sites for hydroxylation is 1. The van der Waals surface area contributed by atoms with Crippen LogP contribution in [-0.2, 0) is 11.2 Å². The maximum absolute atomic E-state index is 12.3. The molecule has 0 radical (unpaired) electrons. The monoisotopic (exact) mass is 347 g/mol. The highest BCUT2D eigenvalue weighted by Gasteiger charge is 2.22. The minimum atomic E-state index is 0.121. The molecule has 1 saturated heterocycles. The van der Waals surface area contributed by atoms with Gasteiger partial charge in [-0.25, -0.2) is 15.0 Å². The fourth-order valence-electron chi connectivity index (χ4n) is 2.52. The average molecular weight is 347 g/mol. The van der Waals surface area contributed by atoms with Gasteiger partial charge in [0.25, 0.3) is 0 Å². The molecule has 0 saturated carbocycles. The van der Waals surface area contributed by atoms with E-state index in [1.165, 1.54) is 11.8 Å². The Morgan fingerprint density at radius 3 is 2.71 bits per heavy atom. The van der Waals surface area contributed by atoms with Crippen LogP contribution >= 0.6 is 11.8 Å². The van der Waals surface area contributed by atoms with Crippen LogP contribution in [-0.4, -0.2) is 67.9 Å². The highest BCUT2D eigenvalue weighted by Crippen LogP contribution is 2.15. The minimum Gasteiger partial charge on any atom is -0.338 e. The maximum Gasteiger partial charge on any atom is 0.233 e. The smallest absolute Gasteiger partial charge is 0.233 e.